The first-order valence-corrected chi connectivity index (χ1v) is 6.84. The lowest BCUT2D eigenvalue weighted by atomic mass is 10.1. The summed E-state index contributed by atoms with van der Waals surface area (Å²) in [4.78, 5) is 17.7. The lowest BCUT2D eigenvalue weighted by Gasteiger charge is -2.34. The first-order chi connectivity index (χ1) is 9.89. The van der Waals surface area contributed by atoms with Crippen LogP contribution in [-0.2, 0) is 9.47 Å². The number of aromatic nitrogens is 1. The Morgan fingerprint density at radius 2 is 2.33 bits per heavy atom. The molecule has 1 saturated heterocycles. The van der Waals surface area contributed by atoms with Crippen LogP contribution in [0.3, 0.4) is 0 Å². The summed E-state index contributed by atoms with van der Waals surface area (Å²) in [6.07, 6.45) is 0.968. The van der Waals surface area contributed by atoms with Crippen LogP contribution in [-0.4, -0.2) is 41.3 Å². The molecule has 1 amide bonds. The number of carbonyl (C=O) groups is 1. The van der Waals surface area contributed by atoms with Crippen LogP contribution in [0.1, 0.15) is 38.1 Å². The van der Waals surface area contributed by atoms with E-state index in [9.17, 15) is 4.79 Å². The Balaban J connectivity index is 2.07. The van der Waals surface area contributed by atoms with Crippen molar-refractivity contribution in [1.29, 1.82) is 5.26 Å². The van der Waals surface area contributed by atoms with Gasteiger partial charge in [0.1, 0.15) is 23.5 Å². The molecule has 2 rings (SSSR count). The van der Waals surface area contributed by atoms with E-state index in [-0.39, 0.29) is 12.2 Å². The van der Waals surface area contributed by atoms with Crippen LogP contribution in [0.25, 0.3) is 0 Å². The monoisotopic (exact) mass is 289 g/mol. The molecule has 0 saturated carbocycles. The minimum Gasteiger partial charge on any atom is -0.444 e. The summed E-state index contributed by atoms with van der Waals surface area (Å²) in [5.74, 6) is 0. The van der Waals surface area contributed by atoms with Crippen molar-refractivity contribution in [3.05, 3.63) is 29.6 Å². The van der Waals surface area contributed by atoms with Gasteiger partial charge >= 0.3 is 6.09 Å². The van der Waals surface area contributed by atoms with Crippen molar-refractivity contribution in [1.82, 2.24) is 9.88 Å². The van der Waals surface area contributed by atoms with Gasteiger partial charge in [0.25, 0.3) is 0 Å². The van der Waals surface area contributed by atoms with Crippen LogP contribution < -0.4 is 0 Å². The van der Waals surface area contributed by atoms with E-state index in [1.165, 1.54) is 0 Å². The number of amides is 1. The molecule has 0 bridgehead atoms. The van der Waals surface area contributed by atoms with Gasteiger partial charge in [-0.05, 0) is 38.5 Å². The lowest BCUT2D eigenvalue weighted by molar-refractivity contribution is -0.0433. The zero-order chi connectivity index (χ0) is 15.5. The van der Waals surface area contributed by atoms with Crippen LogP contribution in [0.5, 0.6) is 0 Å². The minimum absolute atomic E-state index is 0.263. The number of rotatable bonds is 1. The van der Waals surface area contributed by atoms with Crippen LogP contribution in [0, 0.1) is 11.3 Å². The molecule has 0 N–H and O–H groups in total. The Bertz CT molecular complexity index is 560. The largest absolute Gasteiger partial charge is 0.444 e. The molecular formula is C15H19N3O3. The van der Waals surface area contributed by atoms with Gasteiger partial charge in [0.15, 0.2) is 0 Å². The van der Waals surface area contributed by atoms with Gasteiger partial charge in [-0.25, -0.2) is 9.78 Å². The second-order valence-electron chi connectivity index (χ2n) is 5.87. The van der Waals surface area contributed by atoms with Crippen LogP contribution in [0.2, 0.25) is 0 Å². The van der Waals surface area contributed by atoms with E-state index >= 15 is 0 Å². The van der Waals surface area contributed by atoms with Gasteiger partial charge in [0.05, 0.1) is 13.2 Å². The second kappa shape index (κ2) is 6.10. The molecule has 6 heteroatoms. The fourth-order valence-electron chi connectivity index (χ4n) is 2.05. The standard InChI is InChI=1S/C15H19N3O3/c1-15(2,3)21-14(19)18-6-7-20-13(10-18)11-4-5-17-12(8-11)9-16/h4-5,8,13H,6-7,10H2,1-3H3. The number of hydrogen-bond donors (Lipinski definition) is 0. The predicted octanol–water partition coefficient (Wildman–Crippen LogP) is 2.26. The first-order valence-electron chi connectivity index (χ1n) is 6.84. The maximum Gasteiger partial charge on any atom is 0.410 e. The molecule has 1 aromatic rings. The van der Waals surface area contributed by atoms with Gasteiger partial charge in [-0.3, -0.25) is 0 Å². The SMILES string of the molecule is CC(C)(C)OC(=O)N1CCOC(c2ccnc(C#N)c2)C1. The number of morpholine rings is 1. The molecule has 1 unspecified atom stereocenters. The Hall–Kier alpha value is -2.13. The fraction of sp³-hybridized carbons (Fsp3) is 0.533. The molecule has 2 heterocycles. The molecule has 1 fully saturated rings. The molecule has 0 radical (unpaired) electrons. The van der Waals surface area contributed by atoms with E-state index in [0.717, 1.165) is 5.56 Å². The van der Waals surface area contributed by atoms with Crippen molar-refractivity contribution in [3.63, 3.8) is 0 Å². The summed E-state index contributed by atoms with van der Waals surface area (Å²) in [5.41, 5.74) is 0.663. The summed E-state index contributed by atoms with van der Waals surface area (Å²) >= 11 is 0. The van der Waals surface area contributed by atoms with Gasteiger partial charge in [0, 0.05) is 12.7 Å². The smallest absolute Gasteiger partial charge is 0.410 e. The van der Waals surface area contributed by atoms with Crippen molar-refractivity contribution in [3.8, 4) is 6.07 Å². The number of ether oxygens (including phenoxy) is 2. The summed E-state index contributed by atoms with van der Waals surface area (Å²) in [7, 11) is 0. The van der Waals surface area contributed by atoms with Gasteiger partial charge in [-0.15, -0.1) is 0 Å². The van der Waals surface area contributed by atoms with Crippen LogP contribution in [0.15, 0.2) is 18.3 Å². The molecule has 0 aromatic carbocycles. The quantitative estimate of drug-likeness (QED) is 0.792. The molecule has 1 aliphatic rings. The second-order valence-corrected chi connectivity index (χ2v) is 5.87. The van der Waals surface area contributed by atoms with Crippen molar-refractivity contribution in [2.75, 3.05) is 19.7 Å². The third-order valence-electron chi connectivity index (χ3n) is 2.99. The summed E-state index contributed by atoms with van der Waals surface area (Å²) < 4.78 is 11.1. The van der Waals surface area contributed by atoms with E-state index in [2.05, 4.69) is 4.98 Å². The number of nitriles is 1. The van der Waals surface area contributed by atoms with Gasteiger partial charge in [-0.1, -0.05) is 0 Å². The zero-order valence-electron chi connectivity index (χ0n) is 12.5. The molecule has 1 atom stereocenters. The van der Waals surface area contributed by atoms with E-state index in [1.807, 2.05) is 26.8 Å². The van der Waals surface area contributed by atoms with Crippen LogP contribution in [0.4, 0.5) is 4.79 Å². The predicted molar refractivity (Wildman–Crippen MR) is 75.5 cm³/mol. The fourth-order valence-corrected chi connectivity index (χ4v) is 2.05. The zero-order valence-corrected chi connectivity index (χ0v) is 12.5. The van der Waals surface area contributed by atoms with Crippen molar-refractivity contribution >= 4 is 6.09 Å². The summed E-state index contributed by atoms with van der Waals surface area (Å²) in [6.45, 7) is 6.86. The average Bonchev–Trinajstić information content (AvgIpc) is 2.46. The number of hydrogen-bond acceptors (Lipinski definition) is 5. The number of carbonyl (C=O) groups excluding carboxylic acids is 1. The Morgan fingerprint density at radius 1 is 1.57 bits per heavy atom. The van der Waals surface area contributed by atoms with E-state index in [0.29, 0.717) is 25.4 Å². The average molecular weight is 289 g/mol. The van der Waals surface area contributed by atoms with Gasteiger partial charge in [0.2, 0.25) is 0 Å². The molecule has 112 valence electrons. The summed E-state index contributed by atoms with van der Waals surface area (Å²) in [6, 6.07) is 5.48. The number of nitrogens with zero attached hydrogens (tertiary/aromatic N) is 3. The minimum atomic E-state index is -0.518. The highest BCUT2D eigenvalue weighted by Gasteiger charge is 2.29. The topological polar surface area (TPSA) is 75.4 Å². The third kappa shape index (κ3) is 4.17. The summed E-state index contributed by atoms with van der Waals surface area (Å²) in [5, 5.41) is 8.89. The van der Waals surface area contributed by atoms with Gasteiger partial charge < -0.3 is 14.4 Å². The molecule has 1 aliphatic heterocycles. The van der Waals surface area contributed by atoms with Gasteiger partial charge in [-0.2, -0.15) is 5.26 Å². The first kappa shape index (κ1) is 15.3. The van der Waals surface area contributed by atoms with E-state index < -0.39 is 5.60 Å². The normalized spacial score (nSPS) is 19.0. The maximum atomic E-state index is 12.1. The maximum absolute atomic E-state index is 12.1. The Morgan fingerprint density at radius 3 is 3.00 bits per heavy atom. The highest BCUT2D eigenvalue weighted by molar-refractivity contribution is 5.68. The third-order valence-corrected chi connectivity index (χ3v) is 2.99. The van der Waals surface area contributed by atoms with E-state index in [4.69, 9.17) is 14.7 Å². The highest BCUT2D eigenvalue weighted by atomic mass is 16.6. The molecule has 0 spiro atoms. The molecule has 6 nitrogen and oxygen atoms in total. The Labute approximate surface area is 124 Å². The molecule has 21 heavy (non-hydrogen) atoms. The van der Waals surface area contributed by atoms with E-state index in [1.54, 1.807) is 23.2 Å². The van der Waals surface area contributed by atoms with Crippen molar-refractivity contribution in [2.45, 2.75) is 32.5 Å². The van der Waals surface area contributed by atoms with Crippen molar-refractivity contribution < 1.29 is 14.3 Å². The highest BCUT2D eigenvalue weighted by Crippen LogP contribution is 2.23. The van der Waals surface area contributed by atoms with Crippen LogP contribution >= 0.6 is 0 Å². The molecule has 0 aliphatic carbocycles. The number of pyridine rings is 1. The Kier molecular flexibility index (Phi) is 4.43. The lowest BCUT2D eigenvalue weighted by Crippen LogP contribution is -2.44. The molecular weight excluding hydrogens is 270 g/mol. The van der Waals surface area contributed by atoms with Crippen molar-refractivity contribution in [2.24, 2.45) is 0 Å². The molecule has 1 aromatic heterocycles.